The SMILES string of the molecule is CS(=O)(=O)O.N=C(N)NC(=O)c1cc2c(N)cccc2s1. The second-order valence-electron chi connectivity index (χ2n) is 3.97. The Morgan fingerprint density at radius 3 is 2.48 bits per heavy atom. The highest BCUT2D eigenvalue weighted by molar-refractivity contribution is 7.85. The lowest BCUT2D eigenvalue weighted by Crippen LogP contribution is -2.35. The zero-order valence-corrected chi connectivity index (χ0v) is 12.6. The number of carbonyl (C=O) groups is 1. The molecule has 21 heavy (non-hydrogen) atoms. The molecule has 2 rings (SSSR count). The van der Waals surface area contributed by atoms with E-state index in [0.717, 1.165) is 10.1 Å². The Labute approximate surface area is 125 Å². The quantitative estimate of drug-likeness (QED) is 0.223. The summed E-state index contributed by atoms with van der Waals surface area (Å²) in [4.78, 5) is 12.1. The highest BCUT2D eigenvalue weighted by Gasteiger charge is 2.11. The van der Waals surface area contributed by atoms with Gasteiger partial charge in [0.05, 0.1) is 11.1 Å². The Morgan fingerprint density at radius 2 is 2.00 bits per heavy atom. The lowest BCUT2D eigenvalue weighted by atomic mass is 10.2. The van der Waals surface area contributed by atoms with Crippen LogP contribution in [0.25, 0.3) is 10.1 Å². The van der Waals surface area contributed by atoms with E-state index in [4.69, 9.17) is 21.4 Å². The summed E-state index contributed by atoms with van der Waals surface area (Å²) in [7, 11) is -3.67. The maximum Gasteiger partial charge on any atom is 0.268 e. The molecule has 0 aliphatic heterocycles. The molecule has 0 saturated carbocycles. The first kappa shape index (κ1) is 16.9. The van der Waals surface area contributed by atoms with Gasteiger partial charge in [-0.3, -0.25) is 20.1 Å². The third-order valence-corrected chi connectivity index (χ3v) is 3.17. The fraction of sp³-hybridized carbons (Fsp3) is 0.0909. The van der Waals surface area contributed by atoms with Crippen LogP contribution >= 0.6 is 11.3 Å². The lowest BCUT2D eigenvalue weighted by molar-refractivity contribution is 0.0980. The minimum absolute atomic E-state index is 0.365. The first-order valence-corrected chi connectivity index (χ1v) is 8.10. The molecule has 0 bridgehead atoms. The Balaban J connectivity index is 0.000000383. The van der Waals surface area contributed by atoms with Crippen LogP contribution in [0.15, 0.2) is 24.3 Å². The van der Waals surface area contributed by atoms with Gasteiger partial charge < -0.3 is 11.5 Å². The third-order valence-electron chi connectivity index (χ3n) is 2.07. The third kappa shape index (κ3) is 5.77. The molecule has 114 valence electrons. The molecule has 1 amide bonds. The van der Waals surface area contributed by atoms with Crippen molar-refractivity contribution in [1.82, 2.24) is 5.32 Å². The number of benzene rings is 1. The molecule has 2 aromatic rings. The number of nitrogens with two attached hydrogens (primary N) is 2. The van der Waals surface area contributed by atoms with Crippen LogP contribution < -0.4 is 16.8 Å². The first-order chi connectivity index (χ1) is 9.58. The van der Waals surface area contributed by atoms with Crippen molar-refractivity contribution < 1.29 is 17.8 Å². The van der Waals surface area contributed by atoms with Gasteiger partial charge in [-0.25, -0.2) is 0 Å². The summed E-state index contributed by atoms with van der Waals surface area (Å²) in [6, 6.07) is 7.21. The zero-order chi connectivity index (χ0) is 16.2. The minimum atomic E-state index is -3.67. The molecule has 10 heteroatoms. The molecule has 0 spiro atoms. The predicted octanol–water partition coefficient (Wildman–Crippen LogP) is 0.611. The van der Waals surface area contributed by atoms with Gasteiger partial charge in [0.25, 0.3) is 16.0 Å². The minimum Gasteiger partial charge on any atom is -0.398 e. The van der Waals surface area contributed by atoms with E-state index in [1.54, 1.807) is 12.1 Å². The van der Waals surface area contributed by atoms with Crippen molar-refractivity contribution in [1.29, 1.82) is 5.41 Å². The van der Waals surface area contributed by atoms with Gasteiger partial charge in [-0.1, -0.05) is 6.07 Å². The van der Waals surface area contributed by atoms with Crippen LogP contribution in [0.2, 0.25) is 0 Å². The number of anilines is 1. The average molecular weight is 330 g/mol. The monoisotopic (exact) mass is 330 g/mol. The molecule has 7 N–H and O–H groups in total. The fourth-order valence-electron chi connectivity index (χ4n) is 1.38. The van der Waals surface area contributed by atoms with Crippen molar-refractivity contribution in [3.8, 4) is 0 Å². The number of hydrogen-bond donors (Lipinski definition) is 5. The molecule has 0 unspecified atom stereocenters. The summed E-state index contributed by atoms with van der Waals surface area (Å²) in [6.07, 6.45) is 0.715. The molecule has 0 aliphatic rings. The number of hydrogen-bond acceptors (Lipinski definition) is 6. The smallest absolute Gasteiger partial charge is 0.268 e. The van der Waals surface area contributed by atoms with E-state index in [9.17, 15) is 13.2 Å². The Morgan fingerprint density at radius 1 is 1.43 bits per heavy atom. The largest absolute Gasteiger partial charge is 0.398 e. The zero-order valence-electron chi connectivity index (χ0n) is 11.0. The molecular weight excluding hydrogens is 316 g/mol. The average Bonchev–Trinajstić information content (AvgIpc) is 2.71. The van der Waals surface area contributed by atoms with Gasteiger partial charge >= 0.3 is 0 Å². The number of thiophene rings is 1. The standard InChI is InChI=1S/C10H10N4OS.CH4O3S/c11-6-2-1-3-7-5(6)4-8(16-7)9(15)14-10(12)13;1-5(2,3)4/h1-4H,11H2,(H4,12,13,14,15);1H3,(H,2,3,4). The topological polar surface area (TPSA) is 159 Å². The summed E-state index contributed by atoms with van der Waals surface area (Å²) in [6.45, 7) is 0. The summed E-state index contributed by atoms with van der Waals surface area (Å²) in [5.74, 6) is -0.747. The summed E-state index contributed by atoms with van der Waals surface area (Å²) >= 11 is 1.32. The lowest BCUT2D eigenvalue weighted by Gasteiger charge is -1.97. The Hall–Kier alpha value is -2.17. The van der Waals surface area contributed by atoms with Crippen LogP contribution in [0.1, 0.15) is 9.67 Å². The van der Waals surface area contributed by atoms with E-state index in [1.807, 2.05) is 12.1 Å². The van der Waals surface area contributed by atoms with Gasteiger partial charge in [0.2, 0.25) is 0 Å². The molecule has 0 atom stereocenters. The van der Waals surface area contributed by atoms with E-state index >= 15 is 0 Å². The molecule has 8 nitrogen and oxygen atoms in total. The number of guanidine groups is 1. The van der Waals surface area contributed by atoms with Gasteiger partial charge in [-0.15, -0.1) is 11.3 Å². The van der Waals surface area contributed by atoms with Crippen molar-refractivity contribution >= 4 is 49.1 Å². The van der Waals surface area contributed by atoms with Crippen molar-refractivity contribution in [2.75, 3.05) is 12.0 Å². The Kier molecular flexibility index (Phi) is 5.24. The number of nitrogens with one attached hydrogen (secondary N) is 2. The number of fused-ring (bicyclic) bond motifs is 1. The van der Waals surface area contributed by atoms with E-state index < -0.39 is 10.1 Å². The van der Waals surface area contributed by atoms with Gasteiger partial charge in [0.1, 0.15) is 0 Å². The van der Waals surface area contributed by atoms with Crippen molar-refractivity contribution in [3.05, 3.63) is 29.1 Å². The van der Waals surface area contributed by atoms with E-state index in [-0.39, 0.29) is 11.9 Å². The van der Waals surface area contributed by atoms with Gasteiger partial charge in [-0.2, -0.15) is 8.42 Å². The number of amides is 1. The molecule has 0 saturated heterocycles. The van der Waals surface area contributed by atoms with Gasteiger partial charge in [-0.05, 0) is 18.2 Å². The van der Waals surface area contributed by atoms with Gasteiger partial charge in [0.15, 0.2) is 5.96 Å². The van der Waals surface area contributed by atoms with E-state index in [1.165, 1.54) is 11.3 Å². The van der Waals surface area contributed by atoms with Crippen LogP contribution in [0.3, 0.4) is 0 Å². The second kappa shape index (κ2) is 6.52. The molecular formula is C11H14N4O4S2. The maximum absolute atomic E-state index is 11.6. The maximum atomic E-state index is 11.6. The van der Waals surface area contributed by atoms with Crippen molar-refractivity contribution in [3.63, 3.8) is 0 Å². The van der Waals surface area contributed by atoms with Crippen LogP contribution in [0.5, 0.6) is 0 Å². The van der Waals surface area contributed by atoms with Crippen molar-refractivity contribution in [2.45, 2.75) is 0 Å². The summed E-state index contributed by atoms with van der Waals surface area (Å²) < 4.78 is 26.8. The van der Waals surface area contributed by atoms with Gasteiger partial charge in [0, 0.05) is 15.8 Å². The van der Waals surface area contributed by atoms with Crippen LogP contribution in [-0.4, -0.2) is 31.1 Å². The van der Waals surface area contributed by atoms with Crippen LogP contribution in [-0.2, 0) is 10.1 Å². The summed E-state index contributed by atoms with van der Waals surface area (Å²) in [5, 5.41) is 10.1. The highest BCUT2D eigenvalue weighted by atomic mass is 32.2. The number of rotatable bonds is 1. The normalized spacial score (nSPS) is 10.6. The molecule has 1 aromatic carbocycles. The van der Waals surface area contributed by atoms with E-state index in [2.05, 4.69) is 5.32 Å². The molecule has 0 aliphatic carbocycles. The molecule has 1 aromatic heterocycles. The van der Waals surface area contributed by atoms with Crippen molar-refractivity contribution in [2.24, 2.45) is 5.73 Å². The number of nitrogen functional groups attached to an aromatic ring is 1. The van der Waals surface area contributed by atoms with Crippen LogP contribution in [0.4, 0.5) is 5.69 Å². The molecule has 0 radical (unpaired) electrons. The second-order valence-corrected chi connectivity index (χ2v) is 6.52. The molecule has 1 heterocycles. The predicted molar refractivity (Wildman–Crippen MR) is 83.1 cm³/mol. The first-order valence-electron chi connectivity index (χ1n) is 5.44. The number of carbonyl (C=O) groups excluding carboxylic acids is 1. The highest BCUT2D eigenvalue weighted by Crippen LogP contribution is 2.29. The fourth-order valence-corrected chi connectivity index (χ4v) is 2.37. The van der Waals surface area contributed by atoms with Crippen LogP contribution in [0, 0.1) is 5.41 Å². The molecule has 0 fully saturated rings. The Bertz CT molecular complexity index is 775. The summed E-state index contributed by atoms with van der Waals surface area (Å²) in [5.41, 5.74) is 11.5. The van der Waals surface area contributed by atoms with E-state index in [0.29, 0.717) is 16.8 Å².